The molecule has 0 radical (unpaired) electrons. The molecule has 66 valence electrons. The van der Waals surface area contributed by atoms with E-state index in [1.165, 1.54) is 5.69 Å². The summed E-state index contributed by atoms with van der Waals surface area (Å²) in [6.07, 6.45) is 5.87. The molecular weight excluding hydrogens is 148 g/mol. The molecule has 1 atom stereocenters. The van der Waals surface area contributed by atoms with Crippen molar-refractivity contribution in [2.75, 3.05) is 0 Å². The van der Waals surface area contributed by atoms with Gasteiger partial charge in [-0.05, 0) is 25.0 Å². The number of nitrogens with zero attached hydrogens (tertiary/aromatic N) is 1. The average molecular weight is 164 g/mol. The van der Waals surface area contributed by atoms with Crippen LogP contribution >= 0.6 is 0 Å². The van der Waals surface area contributed by atoms with Gasteiger partial charge in [0, 0.05) is 25.0 Å². The number of aromatic nitrogens is 1. The van der Waals surface area contributed by atoms with Gasteiger partial charge in [0.15, 0.2) is 0 Å². The molecule has 12 heavy (non-hydrogen) atoms. The molecule has 0 amide bonds. The lowest BCUT2D eigenvalue weighted by molar-refractivity contribution is 0.614. The van der Waals surface area contributed by atoms with E-state index in [0.717, 1.165) is 12.8 Å². The van der Waals surface area contributed by atoms with Crippen LogP contribution < -0.4 is 5.73 Å². The van der Waals surface area contributed by atoms with Gasteiger partial charge in [-0.15, -0.1) is 6.58 Å². The minimum absolute atomic E-state index is 0.142. The number of aryl methyl sites for hydroxylation is 1. The van der Waals surface area contributed by atoms with Gasteiger partial charge in [0.1, 0.15) is 0 Å². The highest BCUT2D eigenvalue weighted by Crippen LogP contribution is 2.15. The molecule has 0 aliphatic carbocycles. The van der Waals surface area contributed by atoms with Crippen molar-refractivity contribution in [2.24, 2.45) is 12.8 Å². The Morgan fingerprint density at radius 3 is 3.00 bits per heavy atom. The van der Waals surface area contributed by atoms with Crippen LogP contribution in [-0.4, -0.2) is 4.57 Å². The maximum Gasteiger partial charge on any atom is 0.0452 e. The van der Waals surface area contributed by atoms with Crippen LogP contribution in [0.15, 0.2) is 31.0 Å². The van der Waals surface area contributed by atoms with E-state index in [2.05, 4.69) is 17.2 Å². The summed E-state index contributed by atoms with van der Waals surface area (Å²) in [5.41, 5.74) is 7.15. The van der Waals surface area contributed by atoms with Crippen LogP contribution in [0.4, 0.5) is 0 Å². The second-order valence-corrected chi connectivity index (χ2v) is 3.02. The van der Waals surface area contributed by atoms with Crippen LogP contribution in [-0.2, 0) is 7.05 Å². The fourth-order valence-electron chi connectivity index (χ4n) is 1.30. The Kier molecular flexibility index (Phi) is 3.11. The van der Waals surface area contributed by atoms with Crippen molar-refractivity contribution in [2.45, 2.75) is 18.9 Å². The lowest BCUT2D eigenvalue weighted by Crippen LogP contribution is -2.13. The standard InChI is InChI=1S/C10H16N2/c1-3-4-6-9(11)10-7-5-8-12(10)2/h3,5,7-9H,1,4,6,11H2,2H3/t9-/m0/s1. The van der Waals surface area contributed by atoms with E-state index in [1.807, 2.05) is 25.4 Å². The Labute approximate surface area is 73.7 Å². The Morgan fingerprint density at radius 1 is 1.75 bits per heavy atom. The summed E-state index contributed by atoms with van der Waals surface area (Å²) in [6, 6.07) is 4.22. The summed E-state index contributed by atoms with van der Waals surface area (Å²) in [5, 5.41) is 0. The van der Waals surface area contributed by atoms with Crippen molar-refractivity contribution in [1.82, 2.24) is 4.57 Å². The summed E-state index contributed by atoms with van der Waals surface area (Å²) in [6.45, 7) is 3.67. The Hall–Kier alpha value is -1.02. The monoisotopic (exact) mass is 164 g/mol. The van der Waals surface area contributed by atoms with Crippen LogP contribution in [0.1, 0.15) is 24.6 Å². The smallest absolute Gasteiger partial charge is 0.0452 e. The summed E-state index contributed by atoms with van der Waals surface area (Å²) in [5.74, 6) is 0. The first-order valence-corrected chi connectivity index (χ1v) is 4.23. The molecule has 0 aliphatic rings. The molecule has 0 bridgehead atoms. The fraction of sp³-hybridized carbons (Fsp3) is 0.400. The van der Waals surface area contributed by atoms with E-state index >= 15 is 0 Å². The van der Waals surface area contributed by atoms with E-state index in [1.54, 1.807) is 0 Å². The van der Waals surface area contributed by atoms with Crippen LogP contribution in [0, 0.1) is 0 Å². The predicted molar refractivity (Wildman–Crippen MR) is 51.8 cm³/mol. The van der Waals surface area contributed by atoms with E-state index in [4.69, 9.17) is 5.73 Å². The first kappa shape index (κ1) is 9.07. The number of hydrogen-bond acceptors (Lipinski definition) is 1. The van der Waals surface area contributed by atoms with Crippen LogP contribution in [0.5, 0.6) is 0 Å². The second kappa shape index (κ2) is 4.12. The molecular formula is C10H16N2. The summed E-state index contributed by atoms with van der Waals surface area (Å²) in [7, 11) is 2.02. The zero-order chi connectivity index (χ0) is 8.97. The summed E-state index contributed by atoms with van der Waals surface area (Å²) >= 11 is 0. The normalized spacial score (nSPS) is 12.8. The molecule has 0 saturated carbocycles. The largest absolute Gasteiger partial charge is 0.353 e. The van der Waals surface area contributed by atoms with E-state index in [9.17, 15) is 0 Å². The van der Waals surface area contributed by atoms with Crippen molar-refractivity contribution >= 4 is 0 Å². The van der Waals surface area contributed by atoms with Gasteiger partial charge in [0.2, 0.25) is 0 Å². The van der Waals surface area contributed by atoms with Crippen LogP contribution in [0.3, 0.4) is 0 Å². The second-order valence-electron chi connectivity index (χ2n) is 3.02. The number of nitrogens with two attached hydrogens (primary N) is 1. The summed E-state index contributed by atoms with van der Waals surface area (Å²) < 4.78 is 2.06. The third-order valence-corrected chi connectivity index (χ3v) is 2.05. The molecule has 0 spiro atoms. The van der Waals surface area contributed by atoms with E-state index in [-0.39, 0.29) is 6.04 Å². The quantitative estimate of drug-likeness (QED) is 0.678. The van der Waals surface area contributed by atoms with Crippen molar-refractivity contribution < 1.29 is 0 Å². The lowest BCUT2D eigenvalue weighted by Gasteiger charge is -2.11. The zero-order valence-corrected chi connectivity index (χ0v) is 7.53. The SMILES string of the molecule is C=CCC[C@H](N)c1cccn1C. The molecule has 0 saturated heterocycles. The third kappa shape index (κ3) is 1.98. The van der Waals surface area contributed by atoms with Crippen molar-refractivity contribution in [1.29, 1.82) is 0 Å². The van der Waals surface area contributed by atoms with Gasteiger partial charge in [0.05, 0.1) is 0 Å². The molecule has 2 N–H and O–H groups in total. The van der Waals surface area contributed by atoms with Gasteiger partial charge in [-0.1, -0.05) is 6.08 Å². The highest BCUT2D eigenvalue weighted by Gasteiger charge is 2.06. The molecule has 1 aromatic rings. The van der Waals surface area contributed by atoms with Gasteiger partial charge in [-0.2, -0.15) is 0 Å². The maximum absolute atomic E-state index is 5.96. The molecule has 1 heterocycles. The topological polar surface area (TPSA) is 30.9 Å². The molecule has 1 aromatic heterocycles. The summed E-state index contributed by atoms with van der Waals surface area (Å²) in [4.78, 5) is 0. The first-order chi connectivity index (χ1) is 5.75. The zero-order valence-electron chi connectivity index (χ0n) is 7.53. The molecule has 2 heteroatoms. The van der Waals surface area contributed by atoms with E-state index < -0.39 is 0 Å². The van der Waals surface area contributed by atoms with Gasteiger partial charge in [0.25, 0.3) is 0 Å². The predicted octanol–water partition coefficient (Wildman–Crippen LogP) is 1.99. The maximum atomic E-state index is 5.96. The van der Waals surface area contributed by atoms with Crippen molar-refractivity contribution in [3.8, 4) is 0 Å². The van der Waals surface area contributed by atoms with E-state index in [0.29, 0.717) is 0 Å². The average Bonchev–Trinajstić information content (AvgIpc) is 2.47. The number of rotatable bonds is 4. The molecule has 0 aromatic carbocycles. The van der Waals surface area contributed by atoms with Crippen LogP contribution in [0.2, 0.25) is 0 Å². The van der Waals surface area contributed by atoms with Gasteiger partial charge < -0.3 is 10.3 Å². The Morgan fingerprint density at radius 2 is 2.50 bits per heavy atom. The fourth-order valence-corrected chi connectivity index (χ4v) is 1.30. The highest BCUT2D eigenvalue weighted by molar-refractivity contribution is 5.10. The van der Waals surface area contributed by atoms with Gasteiger partial charge >= 0.3 is 0 Å². The lowest BCUT2D eigenvalue weighted by atomic mass is 10.1. The Bertz CT molecular complexity index is 250. The molecule has 2 nitrogen and oxygen atoms in total. The van der Waals surface area contributed by atoms with Gasteiger partial charge in [-0.3, -0.25) is 0 Å². The first-order valence-electron chi connectivity index (χ1n) is 4.23. The minimum Gasteiger partial charge on any atom is -0.353 e. The number of hydrogen-bond donors (Lipinski definition) is 1. The van der Waals surface area contributed by atoms with Crippen LogP contribution in [0.25, 0.3) is 0 Å². The third-order valence-electron chi connectivity index (χ3n) is 2.05. The molecule has 0 aliphatic heterocycles. The van der Waals surface area contributed by atoms with Crippen molar-refractivity contribution in [3.05, 3.63) is 36.7 Å². The van der Waals surface area contributed by atoms with Crippen molar-refractivity contribution in [3.63, 3.8) is 0 Å². The Balaban J connectivity index is 2.58. The number of allylic oxidation sites excluding steroid dienone is 1. The molecule has 1 rings (SSSR count). The highest BCUT2D eigenvalue weighted by atomic mass is 14.9. The minimum atomic E-state index is 0.142. The molecule has 0 unspecified atom stereocenters. The van der Waals surface area contributed by atoms with Gasteiger partial charge in [-0.25, -0.2) is 0 Å². The molecule has 0 fully saturated rings.